The average Bonchev–Trinajstić information content (AvgIpc) is 2.36. The Kier molecular flexibility index (Phi) is 5.71. The van der Waals surface area contributed by atoms with Crippen LogP contribution in [-0.2, 0) is 20.4 Å². The molecule has 0 aliphatic heterocycles. The maximum Gasteiger partial charge on any atom is 0.235 e. The Morgan fingerprint density at radius 3 is 2.40 bits per heavy atom. The standard InChI is InChI=1S/C14H18N2O3S/c1-11(2)8-16-14(17)10-20(18,19)9-13-5-3-12(7-15)4-6-13/h3-6,11H,8-10H2,1-2H3,(H,16,17). The van der Waals surface area contributed by atoms with Crippen molar-refractivity contribution in [3.8, 4) is 6.07 Å². The third-order valence-electron chi connectivity index (χ3n) is 2.53. The second kappa shape index (κ2) is 7.06. The first kappa shape index (κ1) is 16.2. The summed E-state index contributed by atoms with van der Waals surface area (Å²) in [6, 6.07) is 8.25. The Bertz CT molecular complexity index is 598. The van der Waals surface area contributed by atoms with Gasteiger partial charge < -0.3 is 5.32 Å². The minimum atomic E-state index is -3.50. The van der Waals surface area contributed by atoms with Gasteiger partial charge in [-0.3, -0.25) is 4.79 Å². The van der Waals surface area contributed by atoms with Crippen molar-refractivity contribution in [2.75, 3.05) is 12.3 Å². The largest absolute Gasteiger partial charge is 0.355 e. The predicted octanol–water partition coefficient (Wildman–Crippen LogP) is 1.25. The van der Waals surface area contributed by atoms with Crippen LogP contribution in [0.15, 0.2) is 24.3 Å². The Morgan fingerprint density at radius 2 is 1.90 bits per heavy atom. The molecule has 0 radical (unpaired) electrons. The van der Waals surface area contributed by atoms with E-state index in [1.54, 1.807) is 24.3 Å². The molecule has 1 aromatic carbocycles. The van der Waals surface area contributed by atoms with Crippen LogP contribution in [0.5, 0.6) is 0 Å². The Morgan fingerprint density at radius 1 is 1.30 bits per heavy atom. The van der Waals surface area contributed by atoms with Crippen LogP contribution in [0.1, 0.15) is 25.0 Å². The molecule has 0 aliphatic carbocycles. The highest BCUT2D eigenvalue weighted by molar-refractivity contribution is 7.91. The number of hydrogen-bond donors (Lipinski definition) is 1. The second-order valence-corrected chi connectivity index (χ2v) is 7.10. The van der Waals surface area contributed by atoms with Gasteiger partial charge in [-0.1, -0.05) is 26.0 Å². The fraction of sp³-hybridized carbons (Fsp3) is 0.429. The van der Waals surface area contributed by atoms with Crippen molar-refractivity contribution in [1.82, 2.24) is 5.32 Å². The van der Waals surface area contributed by atoms with Crippen molar-refractivity contribution >= 4 is 15.7 Å². The summed E-state index contributed by atoms with van der Waals surface area (Å²) in [5.74, 6) is -0.916. The number of nitrogens with one attached hydrogen (secondary N) is 1. The number of hydrogen-bond acceptors (Lipinski definition) is 4. The third-order valence-corrected chi connectivity index (χ3v) is 4.00. The molecule has 0 aromatic heterocycles. The van der Waals surface area contributed by atoms with E-state index in [2.05, 4.69) is 5.32 Å². The van der Waals surface area contributed by atoms with Gasteiger partial charge in [0.05, 0.1) is 17.4 Å². The van der Waals surface area contributed by atoms with E-state index in [9.17, 15) is 13.2 Å². The average molecular weight is 294 g/mol. The number of sulfone groups is 1. The summed E-state index contributed by atoms with van der Waals surface area (Å²) in [5, 5.41) is 11.2. The van der Waals surface area contributed by atoms with E-state index in [-0.39, 0.29) is 11.7 Å². The molecule has 1 N–H and O–H groups in total. The fourth-order valence-electron chi connectivity index (χ4n) is 1.55. The highest BCUT2D eigenvalue weighted by atomic mass is 32.2. The van der Waals surface area contributed by atoms with Crippen molar-refractivity contribution in [1.29, 1.82) is 5.26 Å². The number of rotatable bonds is 6. The smallest absolute Gasteiger partial charge is 0.235 e. The summed E-state index contributed by atoms with van der Waals surface area (Å²) in [6.45, 7) is 4.34. The number of benzene rings is 1. The summed E-state index contributed by atoms with van der Waals surface area (Å²) in [6.07, 6.45) is 0. The summed E-state index contributed by atoms with van der Waals surface area (Å²) in [4.78, 5) is 11.5. The molecule has 0 atom stereocenters. The molecular weight excluding hydrogens is 276 g/mol. The Balaban J connectivity index is 2.60. The normalized spacial score (nSPS) is 11.1. The lowest BCUT2D eigenvalue weighted by Gasteiger charge is -2.08. The summed E-state index contributed by atoms with van der Waals surface area (Å²) in [5.41, 5.74) is 1.04. The van der Waals surface area contributed by atoms with Crippen molar-refractivity contribution in [3.05, 3.63) is 35.4 Å². The number of nitriles is 1. The van der Waals surface area contributed by atoms with Crippen LogP contribution in [0.4, 0.5) is 0 Å². The number of carbonyl (C=O) groups excluding carboxylic acids is 1. The van der Waals surface area contributed by atoms with Gasteiger partial charge in [0, 0.05) is 6.54 Å². The van der Waals surface area contributed by atoms with E-state index in [4.69, 9.17) is 5.26 Å². The molecule has 0 aliphatic rings. The highest BCUT2D eigenvalue weighted by Gasteiger charge is 2.17. The van der Waals surface area contributed by atoms with Gasteiger partial charge in [-0.25, -0.2) is 8.42 Å². The molecule has 1 amide bonds. The van der Waals surface area contributed by atoms with E-state index in [0.717, 1.165) is 0 Å². The van der Waals surface area contributed by atoms with Crippen molar-refractivity contribution in [2.45, 2.75) is 19.6 Å². The second-order valence-electron chi connectivity index (χ2n) is 5.04. The van der Waals surface area contributed by atoms with Gasteiger partial charge in [0.1, 0.15) is 5.75 Å². The first-order valence-corrected chi connectivity index (χ1v) is 8.10. The quantitative estimate of drug-likeness (QED) is 0.855. The van der Waals surface area contributed by atoms with Crippen LogP contribution in [0.25, 0.3) is 0 Å². The molecule has 20 heavy (non-hydrogen) atoms. The first-order chi connectivity index (χ1) is 9.32. The number of amides is 1. The van der Waals surface area contributed by atoms with Crippen LogP contribution in [0.2, 0.25) is 0 Å². The van der Waals surface area contributed by atoms with E-state index in [1.165, 1.54) is 0 Å². The van der Waals surface area contributed by atoms with Crippen molar-refractivity contribution in [2.24, 2.45) is 5.92 Å². The van der Waals surface area contributed by atoms with Gasteiger partial charge in [0.2, 0.25) is 5.91 Å². The zero-order valence-electron chi connectivity index (χ0n) is 11.6. The maximum absolute atomic E-state index is 11.9. The van der Waals surface area contributed by atoms with Crippen LogP contribution in [0.3, 0.4) is 0 Å². The van der Waals surface area contributed by atoms with Crippen molar-refractivity contribution < 1.29 is 13.2 Å². The molecule has 1 aromatic rings. The molecule has 5 nitrogen and oxygen atoms in total. The first-order valence-electron chi connectivity index (χ1n) is 6.28. The fourth-order valence-corrected chi connectivity index (χ4v) is 2.85. The van der Waals surface area contributed by atoms with Gasteiger partial charge in [-0.15, -0.1) is 0 Å². The van der Waals surface area contributed by atoms with E-state index >= 15 is 0 Å². The van der Waals surface area contributed by atoms with Gasteiger partial charge in [-0.2, -0.15) is 5.26 Å². The summed E-state index contributed by atoms with van der Waals surface area (Å²) < 4.78 is 23.8. The Labute approximate surface area is 119 Å². The van der Waals surface area contributed by atoms with Gasteiger partial charge in [0.25, 0.3) is 0 Å². The number of nitrogens with zero attached hydrogens (tertiary/aromatic N) is 1. The SMILES string of the molecule is CC(C)CNC(=O)CS(=O)(=O)Cc1ccc(C#N)cc1. The monoisotopic (exact) mass is 294 g/mol. The van der Waals surface area contributed by atoms with Crippen LogP contribution < -0.4 is 5.32 Å². The lowest BCUT2D eigenvalue weighted by molar-refractivity contribution is -0.118. The zero-order chi connectivity index (χ0) is 15.2. The molecule has 0 fully saturated rings. The molecule has 0 bridgehead atoms. The van der Waals surface area contributed by atoms with Crippen LogP contribution in [0, 0.1) is 17.2 Å². The van der Waals surface area contributed by atoms with E-state index in [0.29, 0.717) is 17.7 Å². The molecule has 0 heterocycles. The molecule has 0 saturated carbocycles. The topological polar surface area (TPSA) is 87.0 Å². The van der Waals surface area contributed by atoms with Gasteiger partial charge in [-0.05, 0) is 23.6 Å². The minimum Gasteiger partial charge on any atom is -0.355 e. The van der Waals surface area contributed by atoms with E-state index in [1.807, 2.05) is 19.9 Å². The van der Waals surface area contributed by atoms with Crippen LogP contribution >= 0.6 is 0 Å². The lowest BCUT2D eigenvalue weighted by atomic mass is 10.2. The molecule has 0 unspecified atom stereocenters. The number of carbonyl (C=O) groups is 1. The predicted molar refractivity (Wildman–Crippen MR) is 76.5 cm³/mol. The van der Waals surface area contributed by atoms with Crippen LogP contribution in [-0.4, -0.2) is 26.6 Å². The zero-order valence-corrected chi connectivity index (χ0v) is 12.4. The lowest BCUT2D eigenvalue weighted by Crippen LogP contribution is -2.33. The summed E-state index contributed by atoms with van der Waals surface area (Å²) >= 11 is 0. The molecule has 1 rings (SSSR count). The minimum absolute atomic E-state index is 0.201. The molecule has 0 spiro atoms. The Hall–Kier alpha value is -1.87. The maximum atomic E-state index is 11.9. The highest BCUT2D eigenvalue weighted by Crippen LogP contribution is 2.08. The van der Waals surface area contributed by atoms with Gasteiger partial charge >= 0.3 is 0 Å². The molecule has 6 heteroatoms. The summed E-state index contributed by atoms with van der Waals surface area (Å²) in [7, 11) is -3.50. The molecular formula is C14H18N2O3S. The third kappa shape index (κ3) is 5.85. The van der Waals surface area contributed by atoms with Crippen molar-refractivity contribution in [3.63, 3.8) is 0 Å². The molecule has 0 saturated heterocycles. The van der Waals surface area contributed by atoms with Gasteiger partial charge in [0.15, 0.2) is 9.84 Å². The van der Waals surface area contributed by atoms with E-state index < -0.39 is 21.5 Å². The molecule has 108 valence electrons.